The van der Waals surface area contributed by atoms with Gasteiger partial charge in [-0.15, -0.1) is 35.3 Å². The first-order valence-electron chi connectivity index (χ1n) is 9.75. The maximum atomic E-state index is 4.83. The minimum absolute atomic E-state index is 0. The molecule has 0 radical (unpaired) electrons. The third-order valence-corrected chi connectivity index (χ3v) is 5.88. The molecule has 0 aromatic carbocycles. The Morgan fingerprint density at radius 3 is 2.54 bits per heavy atom. The van der Waals surface area contributed by atoms with Crippen LogP contribution < -0.4 is 15.5 Å². The Kier molecular flexibility index (Phi) is 11.5. The molecule has 1 aliphatic rings. The van der Waals surface area contributed by atoms with Crippen molar-refractivity contribution in [3.8, 4) is 0 Å². The van der Waals surface area contributed by atoms with Crippen LogP contribution in [0.15, 0.2) is 22.5 Å². The highest BCUT2D eigenvalue weighted by atomic mass is 127. The zero-order chi connectivity index (χ0) is 18.1. The van der Waals surface area contributed by atoms with Gasteiger partial charge in [-0.05, 0) is 57.3 Å². The first-order valence-corrected chi connectivity index (χ1v) is 10.6. The van der Waals surface area contributed by atoms with Crippen LogP contribution in [0.2, 0.25) is 0 Å². The lowest BCUT2D eigenvalue weighted by molar-refractivity contribution is 0.236. The number of guanidine groups is 1. The second kappa shape index (κ2) is 12.8. The molecule has 1 unspecified atom stereocenters. The Morgan fingerprint density at radius 2 is 2.00 bits per heavy atom. The van der Waals surface area contributed by atoms with Crippen LogP contribution in [0.3, 0.4) is 0 Å². The van der Waals surface area contributed by atoms with Crippen molar-refractivity contribution in [1.29, 1.82) is 0 Å². The number of anilines is 1. The van der Waals surface area contributed by atoms with Gasteiger partial charge >= 0.3 is 0 Å². The van der Waals surface area contributed by atoms with Crippen LogP contribution >= 0.6 is 35.3 Å². The molecule has 0 bridgehead atoms. The van der Waals surface area contributed by atoms with E-state index < -0.39 is 0 Å². The summed E-state index contributed by atoms with van der Waals surface area (Å²) in [4.78, 5) is 9.78. The van der Waals surface area contributed by atoms with E-state index in [1.807, 2.05) is 11.3 Å². The smallest absolute Gasteiger partial charge is 0.191 e. The Hall–Kier alpha value is -0.540. The van der Waals surface area contributed by atoms with Gasteiger partial charge in [0, 0.05) is 31.7 Å². The molecule has 5 nitrogen and oxygen atoms in total. The minimum Gasteiger partial charge on any atom is -0.363 e. The van der Waals surface area contributed by atoms with Crippen LogP contribution in [0.25, 0.3) is 0 Å². The molecule has 0 saturated carbocycles. The quantitative estimate of drug-likeness (QED) is 0.330. The lowest BCUT2D eigenvalue weighted by atomic mass is 10.1. The molecule has 2 N–H and O–H groups in total. The van der Waals surface area contributed by atoms with E-state index in [0.29, 0.717) is 12.1 Å². The summed E-state index contributed by atoms with van der Waals surface area (Å²) in [5, 5.41) is 10.6. The molecule has 1 fully saturated rings. The lowest BCUT2D eigenvalue weighted by Gasteiger charge is -2.33. The second-order valence-electron chi connectivity index (χ2n) is 6.65. The van der Waals surface area contributed by atoms with Gasteiger partial charge in [-0.25, -0.2) is 0 Å². The summed E-state index contributed by atoms with van der Waals surface area (Å²) in [6.07, 6.45) is 2.32. The van der Waals surface area contributed by atoms with Crippen molar-refractivity contribution in [2.24, 2.45) is 4.99 Å². The van der Waals surface area contributed by atoms with Crippen LogP contribution in [-0.4, -0.2) is 62.2 Å². The van der Waals surface area contributed by atoms with E-state index in [9.17, 15) is 0 Å². The molecular weight excluding hydrogens is 457 g/mol. The number of hydrogen-bond acceptors (Lipinski definition) is 4. The van der Waals surface area contributed by atoms with Crippen LogP contribution in [0.5, 0.6) is 0 Å². The van der Waals surface area contributed by atoms with E-state index >= 15 is 0 Å². The summed E-state index contributed by atoms with van der Waals surface area (Å²) >= 11 is 1.84. The topological polar surface area (TPSA) is 42.9 Å². The van der Waals surface area contributed by atoms with E-state index in [4.69, 9.17) is 4.99 Å². The fourth-order valence-electron chi connectivity index (χ4n) is 3.39. The van der Waals surface area contributed by atoms with Crippen molar-refractivity contribution in [1.82, 2.24) is 15.5 Å². The summed E-state index contributed by atoms with van der Waals surface area (Å²) in [5.41, 5.74) is 0. The van der Waals surface area contributed by atoms with Gasteiger partial charge in [0.1, 0.15) is 0 Å². The highest BCUT2D eigenvalue weighted by Crippen LogP contribution is 2.24. The first kappa shape index (κ1) is 23.5. The molecule has 2 heterocycles. The second-order valence-corrected chi connectivity index (χ2v) is 7.57. The van der Waals surface area contributed by atoms with Gasteiger partial charge in [-0.1, -0.05) is 13.8 Å². The van der Waals surface area contributed by atoms with Crippen molar-refractivity contribution >= 4 is 46.3 Å². The molecule has 1 aromatic heterocycles. The molecule has 0 amide bonds. The fourth-order valence-corrected chi connectivity index (χ4v) is 4.18. The zero-order valence-corrected chi connectivity index (χ0v) is 19.8. The lowest BCUT2D eigenvalue weighted by Crippen LogP contribution is -2.49. The summed E-state index contributed by atoms with van der Waals surface area (Å²) in [6.45, 7) is 15.0. The normalized spacial score (nSPS) is 17.1. The Bertz CT molecular complexity index is 496. The summed E-state index contributed by atoms with van der Waals surface area (Å²) in [7, 11) is 0. The van der Waals surface area contributed by atoms with Crippen LogP contribution in [0.1, 0.15) is 40.5 Å². The third-order valence-electron chi connectivity index (χ3n) is 4.95. The first-order chi connectivity index (χ1) is 12.2. The average molecular weight is 494 g/mol. The SMILES string of the molecule is CCNC(=NCC(C)N(CC)CC)NC1CCN(c2cccs2)CC1.I. The molecule has 1 atom stereocenters. The maximum Gasteiger partial charge on any atom is 0.191 e. The van der Waals surface area contributed by atoms with Crippen molar-refractivity contribution in [2.75, 3.05) is 44.2 Å². The van der Waals surface area contributed by atoms with Gasteiger partial charge in [0.15, 0.2) is 5.96 Å². The Morgan fingerprint density at radius 1 is 1.31 bits per heavy atom. The van der Waals surface area contributed by atoms with E-state index in [2.05, 4.69) is 65.6 Å². The summed E-state index contributed by atoms with van der Waals surface area (Å²) in [6, 6.07) is 5.35. The van der Waals surface area contributed by atoms with Crippen LogP contribution in [0.4, 0.5) is 5.00 Å². The van der Waals surface area contributed by atoms with E-state index in [-0.39, 0.29) is 24.0 Å². The third kappa shape index (κ3) is 7.23. The molecule has 1 aliphatic heterocycles. The number of thiophene rings is 1. The predicted octanol–water partition coefficient (Wildman–Crippen LogP) is 3.62. The number of piperidine rings is 1. The van der Waals surface area contributed by atoms with Gasteiger partial charge < -0.3 is 15.5 Å². The molecule has 0 aliphatic carbocycles. The van der Waals surface area contributed by atoms with Crippen LogP contribution in [-0.2, 0) is 0 Å². The monoisotopic (exact) mass is 493 g/mol. The number of halogens is 1. The van der Waals surface area contributed by atoms with Crippen molar-refractivity contribution in [3.05, 3.63) is 17.5 Å². The van der Waals surface area contributed by atoms with Crippen molar-refractivity contribution in [2.45, 2.75) is 52.6 Å². The number of nitrogens with one attached hydrogen (secondary N) is 2. The van der Waals surface area contributed by atoms with Crippen molar-refractivity contribution in [3.63, 3.8) is 0 Å². The van der Waals surface area contributed by atoms with Gasteiger partial charge in [-0.3, -0.25) is 9.89 Å². The number of aliphatic imine (C=N–C) groups is 1. The minimum atomic E-state index is 0. The molecule has 2 rings (SSSR count). The highest BCUT2D eigenvalue weighted by molar-refractivity contribution is 14.0. The predicted molar refractivity (Wildman–Crippen MR) is 126 cm³/mol. The van der Waals surface area contributed by atoms with Crippen molar-refractivity contribution < 1.29 is 0 Å². The molecule has 150 valence electrons. The number of hydrogen-bond donors (Lipinski definition) is 2. The Labute approximate surface area is 180 Å². The van der Waals surface area contributed by atoms with Gasteiger partial charge in [0.2, 0.25) is 0 Å². The number of likely N-dealkylation sites (N-methyl/N-ethyl adjacent to an activating group) is 1. The molecular formula is C19H36IN5S. The van der Waals surface area contributed by atoms with Gasteiger partial charge in [0.25, 0.3) is 0 Å². The summed E-state index contributed by atoms with van der Waals surface area (Å²) in [5.74, 6) is 0.969. The number of nitrogens with zero attached hydrogens (tertiary/aromatic N) is 3. The zero-order valence-electron chi connectivity index (χ0n) is 16.7. The largest absolute Gasteiger partial charge is 0.363 e. The molecule has 1 saturated heterocycles. The standard InChI is InChI=1S/C19H35N5S.HI/c1-5-20-19(21-15-16(4)23(6-2)7-3)22-17-10-12-24(13-11-17)18-9-8-14-25-18;/h8-9,14,16-17H,5-7,10-13,15H2,1-4H3,(H2,20,21,22);1H. The van der Waals surface area contributed by atoms with E-state index in [0.717, 1.165) is 58.1 Å². The van der Waals surface area contributed by atoms with Crippen LogP contribution in [0, 0.1) is 0 Å². The van der Waals surface area contributed by atoms with Gasteiger partial charge in [-0.2, -0.15) is 0 Å². The highest BCUT2D eigenvalue weighted by Gasteiger charge is 2.20. The molecule has 7 heteroatoms. The fraction of sp³-hybridized carbons (Fsp3) is 0.737. The summed E-state index contributed by atoms with van der Waals surface area (Å²) < 4.78 is 0. The Balaban J connectivity index is 0.00000338. The number of rotatable bonds is 8. The van der Waals surface area contributed by atoms with Gasteiger partial charge in [0.05, 0.1) is 11.5 Å². The molecule has 0 spiro atoms. The molecule has 1 aromatic rings. The van der Waals surface area contributed by atoms with E-state index in [1.54, 1.807) is 0 Å². The molecule has 26 heavy (non-hydrogen) atoms. The maximum absolute atomic E-state index is 4.83. The van der Waals surface area contributed by atoms with E-state index in [1.165, 1.54) is 5.00 Å². The average Bonchev–Trinajstić information content (AvgIpc) is 3.16.